The molecule has 1 aromatic rings. The van der Waals surface area contributed by atoms with Crippen molar-refractivity contribution >= 4 is 5.91 Å². The monoisotopic (exact) mass is 211 g/mol. The van der Waals surface area contributed by atoms with Crippen LogP contribution < -0.4 is 5.32 Å². The summed E-state index contributed by atoms with van der Waals surface area (Å²) in [5.41, 5.74) is 0.0599. The van der Waals surface area contributed by atoms with Crippen molar-refractivity contribution in [2.24, 2.45) is 0 Å². The number of benzene rings is 1. The van der Waals surface area contributed by atoms with E-state index in [2.05, 4.69) is 5.32 Å². The molecule has 0 aliphatic carbocycles. The highest BCUT2D eigenvalue weighted by atomic mass is 19.1. The van der Waals surface area contributed by atoms with Crippen LogP contribution in [-0.4, -0.2) is 11.9 Å². The minimum absolute atomic E-state index is 0.0447. The van der Waals surface area contributed by atoms with Gasteiger partial charge in [-0.2, -0.15) is 0 Å². The molecule has 0 bridgehead atoms. The Labute approximate surface area is 86.3 Å². The van der Waals surface area contributed by atoms with Gasteiger partial charge >= 0.3 is 0 Å². The number of carbonyl (C=O) groups is 1. The standard InChI is InChI=1S/C11H11F2NO/c12-9-2-1-3-10(13)8(9)6-7-4-5-11(15)14-7/h1-3,7H,4-6H2,(H,14,15). The number of halogens is 2. The predicted octanol–water partition coefficient (Wildman–Crippen LogP) is 1.79. The first-order chi connectivity index (χ1) is 7.16. The molecule has 0 radical (unpaired) electrons. The van der Waals surface area contributed by atoms with Crippen LogP contribution in [0.25, 0.3) is 0 Å². The maximum Gasteiger partial charge on any atom is 0.220 e. The van der Waals surface area contributed by atoms with E-state index in [9.17, 15) is 13.6 Å². The number of nitrogens with one attached hydrogen (secondary N) is 1. The SMILES string of the molecule is O=C1CCC(Cc2c(F)cccc2F)N1. The summed E-state index contributed by atoms with van der Waals surface area (Å²) in [5.74, 6) is -1.14. The number of hydrogen-bond acceptors (Lipinski definition) is 1. The topological polar surface area (TPSA) is 29.1 Å². The van der Waals surface area contributed by atoms with Gasteiger partial charge in [0.05, 0.1) is 0 Å². The first-order valence-electron chi connectivity index (χ1n) is 4.89. The molecular weight excluding hydrogens is 200 g/mol. The highest BCUT2D eigenvalue weighted by Gasteiger charge is 2.23. The Morgan fingerprint density at radius 2 is 2.00 bits per heavy atom. The first-order valence-corrected chi connectivity index (χ1v) is 4.89. The van der Waals surface area contributed by atoms with Crippen LogP contribution in [0.1, 0.15) is 18.4 Å². The zero-order chi connectivity index (χ0) is 10.8. The van der Waals surface area contributed by atoms with Crippen molar-refractivity contribution in [2.75, 3.05) is 0 Å². The van der Waals surface area contributed by atoms with E-state index in [0.717, 1.165) is 0 Å². The van der Waals surface area contributed by atoms with Crippen molar-refractivity contribution in [1.29, 1.82) is 0 Å². The van der Waals surface area contributed by atoms with E-state index in [1.807, 2.05) is 0 Å². The minimum atomic E-state index is -0.545. The lowest BCUT2D eigenvalue weighted by molar-refractivity contribution is -0.119. The molecule has 1 aliphatic rings. The summed E-state index contributed by atoms with van der Waals surface area (Å²) in [6.45, 7) is 0. The molecule has 1 heterocycles. The van der Waals surface area contributed by atoms with E-state index in [-0.39, 0.29) is 23.9 Å². The fourth-order valence-electron chi connectivity index (χ4n) is 1.80. The zero-order valence-electron chi connectivity index (χ0n) is 8.09. The van der Waals surface area contributed by atoms with Crippen LogP contribution in [-0.2, 0) is 11.2 Å². The van der Waals surface area contributed by atoms with Gasteiger partial charge < -0.3 is 5.32 Å². The van der Waals surface area contributed by atoms with Crippen molar-refractivity contribution in [3.8, 4) is 0 Å². The highest BCUT2D eigenvalue weighted by molar-refractivity contribution is 5.78. The lowest BCUT2D eigenvalue weighted by Crippen LogP contribution is -2.27. The van der Waals surface area contributed by atoms with Crippen molar-refractivity contribution in [3.05, 3.63) is 35.4 Å². The summed E-state index contributed by atoms with van der Waals surface area (Å²) in [6.07, 6.45) is 1.32. The first kappa shape index (κ1) is 10.1. The maximum atomic E-state index is 13.2. The van der Waals surface area contributed by atoms with Gasteiger partial charge in [-0.3, -0.25) is 4.79 Å². The smallest absolute Gasteiger partial charge is 0.220 e. The highest BCUT2D eigenvalue weighted by Crippen LogP contribution is 2.18. The summed E-state index contributed by atoms with van der Waals surface area (Å²) >= 11 is 0. The lowest BCUT2D eigenvalue weighted by atomic mass is 10.0. The predicted molar refractivity (Wildman–Crippen MR) is 51.2 cm³/mol. The molecule has 0 spiro atoms. The molecule has 1 unspecified atom stereocenters. The number of rotatable bonds is 2. The van der Waals surface area contributed by atoms with E-state index in [4.69, 9.17) is 0 Å². The number of amides is 1. The molecular formula is C11H11F2NO. The summed E-state index contributed by atoms with van der Waals surface area (Å²) < 4.78 is 26.5. The number of hydrogen-bond donors (Lipinski definition) is 1. The van der Waals surface area contributed by atoms with E-state index in [0.29, 0.717) is 12.8 Å². The second kappa shape index (κ2) is 3.96. The summed E-state index contributed by atoms with van der Waals surface area (Å²) in [6, 6.07) is 3.66. The van der Waals surface area contributed by atoms with Gasteiger partial charge in [0, 0.05) is 18.0 Å². The Balaban J connectivity index is 2.13. The summed E-state index contributed by atoms with van der Waals surface area (Å²) in [5, 5.41) is 2.68. The van der Waals surface area contributed by atoms with Gasteiger partial charge in [-0.15, -0.1) is 0 Å². The Hall–Kier alpha value is -1.45. The van der Waals surface area contributed by atoms with E-state index >= 15 is 0 Å². The second-order valence-corrected chi connectivity index (χ2v) is 3.71. The normalized spacial score (nSPS) is 20.4. The van der Waals surface area contributed by atoms with Crippen molar-refractivity contribution in [3.63, 3.8) is 0 Å². The van der Waals surface area contributed by atoms with Crippen LogP contribution in [0.5, 0.6) is 0 Å². The molecule has 1 saturated heterocycles. The molecule has 15 heavy (non-hydrogen) atoms. The summed E-state index contributed by atoms with van der Waals surface area (Å²) in [4.78, 5) is 10.9. The van der Waals surface area contributed by atoms with Crippen LogP contribution in [0.4, 0.5) is 8.78 Å². The van der Waals surface area contributed by atoms with Crippen LogP contribution in [0.3, 0.4) is 0 Å². The molecule has 1 fully saturated rings. The molecule has 2 rings (SSSR count). The van der Waals surface area contributed by atoms with E-state index < -0.39 is 11.6 Å². The fraction of sp³-hybridized carbons (Fsp3) is 0.364. The molecule has 0 saturated carbocycles. The van der Waals surface area contributed by atoms with Gasteiger partial charge in [0.2, 0.25) is 5.91 Å². The van der Waals surface area contributed by atoms with Gasteiger partial charge in [-0.1, -0.05) is 6.07 Å². The van der Waals surface area contributed by atoms with Gasteiger partial charge in [0.15, 0.2) is 0 Å². The van der Waals surface area contributed by atoms with Gasteiger partial charge in [0.1, 0.15) is 11.6 Å². The van der Waals surface area contributed by atoms with Gasteiger partial charge in [0.25, 0.3) is 0 Å². The molecule has 1 aromatic carbocycles. The van der Waals surface area contributed by atoms with Crippen LogP contribution >= 0.6 is 0 Å². The van der Waals surface area contributed by atoms with E-state index in [1.165, 1.54) is 18.2 Å². The third-order valence-electron chi connectivity index (χ3n) is 2.60. The third kappa shape index (κ3) is 2.14. The van der Waals surface area contributed by atoms with Gasteiger partial charge in [-0.05, 0) is 25.0 Å². The van der Waals surface area contributed by atoms with Gasteiger partial charge in [-0.25, -0.2) is 8.78 Å². The quantitative estimate of drug-likeness (QED) is 0.793. The molecule has 2 nitrogen and oxygen atoms in total. The van der Waals surface area contributed by atoms with Crippen LogP contribution in [0.15, 0.2) is 18.2 Å². The molecule has 4 heteroatoms. The van der Waals surface area contributed by atoms with Crippen molar-refractivity contribution in [1.82, 2.24) is 5.32 Å². The fourth-order valence-corrected chi connectivity index (χ4v) is 1.80. The van der Waals surface area contributed by atoms with Crippen molar-refractivity contribution < 1.29 is 13.6 Å². The zero-order valence-corrected chi connectivity index (χ0v) is 8.09. The third-order valence-corrected chi connectivity index (χ3v) is 2.60. The minimum Gasteiger partial charge on any atom is -0.353 e. The Morgan fingerprint density at radius 1 is 1.33 bits per heavy atom. The Kier molecular flexibility index (Phi) is 2.66. The Morgan fingerprint density at radius 3 is 2.53 bits per heavy atom. The number of carbonyl (C=O) groups excluding carboxylic acids is 1. The van der Waals surface area contributed by atoms with Crippen LogP contribution in [0, 0.1) is 11.6 Å². The average molecular weight is 211 g/mol. The molecule has 1 amide bonds. The molecule has 1 N–H and O–H groups in total. The maximum absolute atomic E-state index is 13.2. The molecule has 1 aliphatic heterocycles. The van der Waals surface area contributed by atoms with Crippen molar-refractivity contribution in [2.45, 2.75) is 25.3 Å². The molecule has 0 aromatic heterocycles. The average Bonchev–Trinajstić information content (AvgIpc) is 2.58. The molecule has 1 atom stereocenters. The summed E-state index contributed by atoms with van der Waals surface area (Å²) in [7, 11) is 0. The lowest BCUT2D eigenvalue weighted by Gasteiger charge is -2.11. The second-order valence-electron chi connectivity index (χ2n) is 3.71. The Bertz CT molecular complexity index is 372. The van der Waals surface area contributed by atoms with E-state index in [1.54, 1.807) is 0 Å². The van der Waals surface area contributed by atoms with Crippen LogP contribution in [0.2, 0.25) is 0 Å². The molecule has 80 valence electrons. The largest absolute Gasteiger partial charge is 0.353 e.